The molecular formula is C20H30N2O4. The SMILES string of the molecule is CCCN(CCC)C(=O)CCCC(=O)Nc1cc(C(=O)O)c(C)cc1C. The van der Waals surface area contributed by atoms with Crippen LogP contribution < -0.4 is 5.32 Å². The molecule has 1 aromatic carbocycles. The number of carboxylic acid groups (broad SMARTS) is 1. The van der Waals surface area contributed by atoms with Gasteiger partial charge in [-0.25, -0.2) is 4.79 Å². The number of aromatic carboxylic acids is 1. The zero-order chi connectivity index (χ0) is 19.7. The van der Waals surface area contributed by atoms with Crippen molar-refractivity contribution in [2.45, 2.75) is 59.8 Å². The minimum Gasteiger partial charge on any atom is -0.478 e. The lowest BCUT2D eigenvalue weighted by molar-refractivity contribution is -0.131. The molecule has 0 spiro atoms. The zero-order valence-electron chi connectivity index (χ0n) is 16.2. The number of hydrogen-bond donors (Lipinski definition) is 2. The molecule has 0 aromatic heterocycles. The van der Waals surface area contributed by atoms with Crippen LogP contribution in [0.5, 0.6) is 0 Å². The van der Waals surface area contributed by atoms with Crippen molar-refractivity contribution in [3.05, 3.63) is 28.8 Å². The van der Waals surface area contributed by atoms with Crippen LogP contribution in [0.15, 0.2) is 12.1 Å². The summed E-state index contributed by atoms with van der Waals surface area (Å²) in [6.45, 7) is 9.13. The Kier molecular flexibility index (Phi) is 8.82. The number of amides is 2. The van der Waals surface area contributed by atoms with Gasteiger partial charge >= 0.3 is 5.97 Å². The van der Waals surface area contributed by atoms with Crippen molar-refractivity contribution in [3.8, 4) is 0 Å². The summed E-state index contributed by atoms with van der Waals surface area (Å²) in [5, 5.41) is 12.0. The number of benzene rings is 1. The Labute approximate surface area is 155 Å². The molecule has 0 radical (unpaired) electrons. The molecule has 0 saturated carbocycles. The van der Waals surface area contributed by atoms with Gasteiger partial charge in [0.15, 0.2) is 0 Å². The Morgan fingerprint density at radius 2 is 1.62 bits per heavy atom. The standard InChI is InChI=1S/C20H30N2O4/c1-5-10-22(11-6-2)19(24)9-7-8-18(23)21-17-13-16(20(25)26)14(3)12-15(17)4/h12-13H,5-11H2,1-4H3,(H,21,23)(H,25,26). The van der Waals surface area contributed by atoms with Crippen LogP contribution >= 0.6 is 0 Å². The van der Waals surface area contributed by atoms with Gasteiger partial charge in [0.05, 0.1) is 5.56 Å². The Morgan fingerprint density at radius 1 is 1.00 bits per heavy atom. The maximum absolute atomic E-state index is 12.2. The normalized spacial score (nSPS) is 10.5. The average Bonchev–Trinajstić information content (AvgIpc) is 2.56. The van der Waals surface area contributed by atoms with Gasteiger partial charge in [0.2, 0.25) is 11.8 Å². The second-order valence-corrected chi connectivity index (χ2v) is 6.57. The van der Waals surface area contributed by atoms with Crippen molar-refractivity contribution >= 4 is 23.5 Å². The first kappa shape index (κ1) is 21.7. The predicted octanol–water partition coefficient (Wildman–Crippen LogP) is 3.76. The largest absolute Gasteiger partial charge is 0.478 e. The second-order valence-electron chi connectivity index (χ2n) is 6.57. The minimum atomic E-state index is -1.02. The average molecular weight is 362 g/mol. The molecule has 0 aliphatic rings. The van der Waals surface area contributed by atoms with Crippen LogP contribution in [0, 0.1) is 13.8 Å². The second kappa shape index (κ2) is 10.6. The number of hydrogen-bond acceptors (Lipinski definition) is 3. The number of anilines is 1. The lowest BCUT2D eigenvalue weighted by Gasteiger charge is -2.21. The van der Waals surface area contributed by atoms with E-state index in [-0.39, 0.29) is 23.8 Å². The van der Waals surface area contributed by atoms with E-state index in [9.17, 15) is 19.5 Å². The van der Waals surface area contributed by atoms with Crippen molar-refractivity contribution in [1.29, 1.82) is 0 Å². The molecule has 0 heterocycles. The lowest BCUT2D eigenvalue weighted by atomic mass is 10.0. The van der Waals surface area contributed by atoms with Crippen LogP contribution in [0.1, 0.15) is 67.4 Å². The summed E-state index contributed by atoms with van der Waals surface area (Å²) in [6, 6.07) is 3.23. The van der Waals surface area contributed by atoms with E-state index in [1.165, 1.54) is 6.07 Å². The molecule has 2 amide bonds. The molecule has 144 valence electrons. The molecule has 1 rings (SSSR count). The summed E-state index contributed by atoms with van der Waals surface area (Å²) < 4.78 is 0. The highest BCUT2D eigenvalue weighted by molar-refractivity contribution is 5.95. The molecule has 26 heavy (non-hydrogen) atoms. The monoisotopic (exact) mass is 362 g/mol. The Hall–Kier alpha value is -2.37. The maximum atomic E-state index is 12.2. The number of carbonyl (C=O) groups is 3. The van der Waals surface area contributed by atoms with E-state index < -0.39 is 5.97 Å². The number of rotatable bonds is 10. The highest BCUT2D eigenvalue weighted by atomic mass is 16.4. The summed E-state index contributed by atoms with van der Waals surface area (Å²) in [7, 11) is 0. The highest BCUT2D eigenvalue weighted by Crippen LogP contribution is 2.21. The topological polar surface area (TPSA) is 86.7 Å². The fourth-order valence-corrected chi connectivity index (χ4v) is 2.89. The Balaban J connectivity index is 2.58. The third-order valence-corrected chi connectivity index (χ3v) is 4.21. The van der Waals surface area contributed by atoms with Crippen LogP contribution in [-0.4, -0.2) is 40.9 Å². The summed E-state index contributed by atoms with van der Waals surface area (Å²) in [5.41, 5.74) is 2.15. The zero-order valence-corrected chi connectivity index (χ0v) is 16.2. The minimum absolute atomic E-state index is 0.0844. The Bertz CT molecular complexity index is 649. The van der Waals surface area contributed by atoms with Gasteiger partial charge in [0.1, 0.15) is 0 Å². The molecule has 0 atom stereocenters. The molecule has 1 aromatic rings. The molecule has 2 N–H and O–H groups in total. The predicted molar refractivity (Wildman–Crippen MR) is 103 cm³/mol. The van der Waals surface area contributed by atoms with E-state index in [1.807, 2.05) is 25.7 Å². The van der Waals surface area contributed by atoms with Gasteiger partial charge in [-0.1, -0.05) is 19.9 Å². The number of aryl methyl sites for hydroxylation is 2. The van der Waals surface area contributed by atoms with E-state index in [0.29, 0.717) is 24.1 Å². The van der Waals surface area contributed by atoms with Crippen molar-refractivity contribution in [2.75, 3.05) is 18.4 Å². The Morgan fingerprint density at radius 3 is 2.15 bits per heavy atom. The van der Waals surface area contributed by atoms with Gasteiger partial charge in [-0.05, 0) is 50.3 Å². The fourth-order valence-electron chi connectivity index (χ4n) is 2.89. The summed E-state index contributed by atoms with van der Waals surface area (Å²) in [5.74, 6) is -1.14. The molecular weight excluding hydrogens is 332 g/mol. The van der Waals surface area contributed by atoms with Crippen molar-refractivity contribution in [2.24, 2.45) is 0 Å². The highest BCUT2D eigenvalue weighted by Gasteiger charge is 2.14. The fraction of sp³-hybridized carbons (Fsp3) is 0.550. The van der Waals surface area contributed by atoms with Crippen molar-refractivity contribution in [3.63, 3.8) is 0 Å². The van der Waals surface area contributed by atoms with Gasteiger partial charge in [0.25, 0.3) is 0 Å². The van der Waals surface area contributed by atoms with Gasteiger partial charge in [0, 0.05) is 31.6 Å². The molecule has 0 fully saturated rings. The van der Waals surface area contributed by atoms with Gasteiger partial charge < -0.3 is 15.3 Å². The van der Waals surface area contributed by atoms with Gasteiger partial charge in [-0.15, -0.1) is 0 Å². The van der Waals surface area contributed by atoms with Crippen LogP contribution in [0.4, 0.5) is 5.69 Å². The summed E-state index contributed by atoms with van der Waals surface area (Å²) in [6.07, 6.45) is 2.90. The first-order chi connectivity index (χ1) is 12.3. The third kappa shape index (κ3) is 6.50. The maximum Gasteiger partial charge on any atom is 0.336 e. The third-order valence-electron chi connectivity index (χ3n) is 4.21. The molecule has 0 bridgehead atoms. The smallest absolute Gasteiger partial charge is 0.336 e. The number of nitrogens with one attached hydrogen (secondary N) is 1. The van der Waals surface area contributed by atoms with E-state index in [0.717, 1.165) is 31.5 Å². The molecule has 0 saturated heterocycles. The first-order valence-corrected chi connectivity index (χ1v) is 9.22. The number of carbonyl (C=O) groups excluding carboxylic acids is 2. The quantitative estimate of drug-likeness (QED) is 0.663. The van der Waals surface area contributed by atoms with Crippen LogP contribution in [0.3, 0.4) is 0 Å². The molecule has 0 aliphatic carbocycles. The van der Waals surface area contributed by atoms with Gasteiger partial charge in [-0.3, -0.25) is 9.59 Å². The lowest BCUT2D eigenvalue weighted by Crippen LogP contribution is -2.32. The van der Waals surface area contributed by atoms with Crippen LogP contribution in [0.2, 0.25) is 0 Å². The van der Waals surface area contributed by atoms with Crippen LogP contribution in [0.25, 0.3) is 0 Å². The molecule has 6 heteroatoms. The van der Waals surface area contributed by atoms with E-state index in [2.05, 4.69) is 5.32 Å². The van der Waals surface area contributed by atoms with Crippen molar-refractivity contribution in [1.82, 2.24) is 4.90 Å². The molecule has 0 aliphatic heterocycles. The van der Waals surface area contributed by atoms with E-state index >= 15 is 0 Å². The molecule has 6 nitrogen and oxygen atoms in total. The number of nitrogens with zero attached hydrogens (tertiary/aromatic N) is 1. The van der Waals surface area contributed by atoms with Crippen molar-refractivity contribution < 1.29 is 19.5 Å². The first-order valence-electron chi connectivity index (χ1n) is 9.22. The van der Waals surface area contributed by atoms with E-state index in [1.54, 1.807) is 13.0 Å². The van der Waals surface area contributed by atoms with Gasteiger partial charge in [-0.2, -0.15) is 0 Å². The summed E-state index contributed by atoms with van der Waals surface area (Å²) in [4.78, 5) is 37.4. The molecule has 0 unspecified atom stereocenters. The van der Waals surface area contributed by atoms with Crippen LogP contribution in [-0.2, 0) is 9.59 Å². The van der Waals surface area contributed by atoms with E-state index in [4.69, 9.17) is 0 Å². The summed E-state index contributed by atoms with van der Waals surface area (Å²) >= 11 is 0. The number of carboxylic acids is 1.